The van der Waals surface area contributed by atoms with Gasteiger partial charge in [0.05, 0.1) is 12.8 Å². The summed E-state index contributed by atoms with van der Waals surface area (Å²) in [6.45, 7) is 3.22. The van der Waals surface area contributed by atoms with E-state index in [1.54, 1.807) is 7.05 Å². The van der Waals surface area contributed by atoms with Crippen LogP contribution in [-0.2, 0) is 18.3 Å². The molecule has 1 heterocycles. The summed E-state index contributed by atoms with van der Waals surface area (Å²) >= 11 is 0. The van der Waals surface area contributed by atoms with E-state index >= 15 is 0 Å². The Balaban J connectivity index is 0.00000220. The van der Waals surface area contributed by atoms with E-state index in [0.717, 1.165) is 38.2 Å². The molecule has 1 aromatic heterocycles. The minimum absolute atomic E-state index is 0. The summed E-state index contributed by atoms with van der Waals surface area (Å²) in [5.74, 6) is 1.70. The fraction of sp³-hybridized carbons (Fsp3) is 0.714. The highest BCUT2D eigenvalue weighted by atomic mass is 127. The van der Waals surface area contributed by atoms with Crippen LogP contribution in [0.25, 0.3) is 0 Å². The maximum atomic E-state index is 5.60. The van der Waals surface area contributed by atoms with E-state index in [4.69, 9.17) is 4.74 Å². The molecular formula is C14H26IN5O. The van der Waals surface area contributed by atoms with Gasteiger partial charge < -0.3 is 15.0 Å². The van der Waals surface area contributed by atoms with Crippen molar-refractivity contribution in [3.8, 4) is 0 Å². The van der Waals surface area contributed by atoms with Gasteiger partial charge in [-0.2, -0.15) is 5.10 Å². The maximum absolute atomic E-state index is 5.60. The van der Waals surface area contributed by atoms with Crippen LogP contribution in [0.2, 0.25) is 0 Å². The van der Waals surface area contributed by atoms with Crippen molar-refractivity contribution in [2.24, 2.45) is 18.0 Å². The first-order valence-electron chi connectivity index (χ1n) is 7.16. The molecule has 1 N–H and O–H groups in total. The molecule has 1 aromatic rings. The standard InChI is InChI=1S/C14H25N5O.HI/c1-15-14(16-6-7-20-11-12-4-5-12)18(2)9-13-8-17-19(3)10-13;/h8,10,12H,4-7,9,11H2,1-3H3,(H,15,16);1H. The molecule has 1 fully saturated rings. The number of rotatable bonds is 7. The van der Waals surface area contributed by atoms with E-state index in [1.807, 2.05) is 31.2 Å². The number of ether oxygens (including phenoxy) is 1. The van der Waals surface area contributed by atoms with Gasteiger partial charge in [-0.25, -0.2) is 0 Å². The molecule has 120 valence electrons. The van der Waals surface area contributed by atoms with Crippen LogP contribution in [0.1, 0.15) is 18.4 Å². The molecule has 21 heavy (non-hydrogen) atoms. The maximum Gasteiger partial charge on any atom is 0.193 e. The fourth-order valence-electron chi connectivity index (χ4n) is 2.06. The molecule has 6 nitrogen and oxygen atoms in total. The Morgan fingerprint density at radius 2 is 2.33 bits per heavy atom. The molecule has 1 aliphatic carbocycles. The van der Waals surface area contributed by atoms with E-state index in [2.05, 4.69) is 20.3 Å². The molecule has 0 unspecified atom stereocenters. The van der Waals surface area contributed by atoms with Gasteiger partial charge in [0.2, 0.25) is 0 Å². The first-order chi connectivity index (χ1) is 9.69. The zero-order valence-corrected chi connectivity index (χ0v) is 15.4. The highest BCUT2D eigenvalue weighted by Gasteiger charge is 2.20. The third-order valence-electron chi connectivity index (χ3n) is 3.33. The summed E-state index contributed by atoms with van der Waals surface area (Å²) in [5, 5.41) is 7.49. The molecule has 0 spiro atoms. The third-order valence-corrected chi connectivity index (χ3v) is 3.33. The van der Waals surface area contributed by atoms with Crippen LogP contribution in [0.4, 0.5) is 0 Å². The number of hydrogen-bond donors (Lipinski definition) is 1. The van der Waals surface area contributed by atoms with Crippen LogP contribution >= 0.6 is 24.0 Å². The monoisotopic (exact) mass is 407 g/mol. The summed E-state index contributed by atoms with van der Waals surface area (Å²) in [6.07, 6.45) is 6.57. The second-order valence-electron chi connectivity index (χ2n) is 5.37. The molecule has 0 aliphatic heterocycles. The van der Waals surface area contributed by atoms with Gasteiger partial charge >= 0.3 is 0 Å². The van der Waals surface area contributed by atoms with Gasteiger partial charge in [-0.05, 0) is 18.8 Å². The predicted molar refractivity (Wildman–Crippen MR) is 95.0 cm³/mol. The van der Waals surface area contributed by atoms with Crippen LogP contribution in [0.5, 0.6) is 0 Å². The molecule has 1 saturated carbocycles. The normalized spacial score (nSPS) is 14.7. The van der Waals surface area contributed by atoms with E-state index in [1.165, 1.54) is 18.4 Å². The Bertz CT molecular complexity index is 444. The lowest BCUT2D eigenvalue weighted by Gasteiger charge is -2.21. The quantitative estimate of drug-likeness (QED) is 0.322. The average molecular weight is 407 g/mol. The van der Waals surface area contributed by atoms with E-state index in [-0.39, 0.29) is 24.0 Å². The van der Waals surface area contributed by atoms with Gasteiger partial charge in [0, 0.05) is 52.6 Å². The molecule has 0 saturated heterocycles. The Morgan fingerprint density at radius 3 is 2.90 bits per heavy atom. The van der Waals surface area contributed by atoms with E-state index in [9.17, 15) is 0 Å². The lowest BCUT2D eigenvalue weighted by Crippen LogP contribution is -2.39. The Morgan fingerprint density at radius 1 is 1.57 bits per heavy atom. The van der Waals surface area contributed by atoms with Crippen LogP contribution in [0.3, 0.4) is 0 Å². The SMILES string of the molecule is CN=C(NCCOCC1CC1)N(C)Cc1cnn(C)c1.I. The van der Waals surface area contributed by atoms with Crippen molar-refractivity contribution in [1.82, 2.24) is 20.0 Å². The number of hydrogen-bond acceptors (Lipinski definition) is 3. The smallest absolute Gasteiger partial charge is 0.193 e. The van der Waals surface area contributed by atoms with Crippen molar-refractivity contribution in [2.45, 2.75) is 19.4 Å². The van der Waals surface area contributed by atoms with Crippen LogP contribution in [-0.4, -0.2) is 54.5 Å². The van der Waals surface area contributed by atoms with Crippen molar-refractivity contribution >= 4 is 29.9 Å². The van der Waals surface area contributed by atoms with Crippen LogP contribution in [0, 0.1) is 5.92 Å². The van der Waals surface area contributed by atoms with Gasteiger partial charge in [-0.1, -0.05) is 0 Å². The molecule has 2 rings (SSSR count). The Kier molecular flexibility index (Phi) is 8.02. The fourth-order valence-corrected chi connectivity index (χ4v) is 2.06. The summed E-state index contributed by atoms with van der Waals surface area (Å²) in [6, 6.07) is 0. The molecule has 0 aromatic carbocycles. The number of halogens is 1. The first kappa shape index (κ1) is 18.2. The minimum atomic E-state index is 0. The van der Waals surface area contributed by atoms with Crippen molar-refractivity contribution in [2.75, 3.05) is 33.9 Å². The number of aromatic nitrogens is 2. The van der Waals surface area contributed by atoms with Crippen molar-refractivity contribution < 1.29 is 4.74 Å². The number of aryl methyl sites for hydroxylation is 1. The topological polar surface area (TPSA) is 54.7 Å². The largest absolute Gasteiger partial charge is 0.379 e. The summed E-state index contributed by atoms with van der Waals surface area (Å²) in [5.41, 5.74) is 1.17. The van der Waals surface area contributed by atoms with Gasteiger partial charge in [0.15, 0.2) is 5.96 Å². The second-order valence-corrected chi connectivity index (χ2v) is 5.37. The van der Waals surface area contributed by atoms with Gasteiger partial charge in [-0.3, -0.25) is 9.67 Å². The lowest BCUT2D eigenvalue weighted by atomic mass is 10.3. The number of nitrogens with zero attached hydrogens (tertiary/aromatic N) is 4. The molecule has 1 aliphatic rings. The van der Waals surface area contributed by atoms with Crippen molar-refractivity contribution in [1.29, 1.82) is 0 Å². The zero-order chi connectivity index (χ0) is 14.4. The predicted octanol–water partition coefficient (Wildman–Crippen LogP) is 1.47. The number of guanidine groups is 1. The molecular weight excluding hydrogens is 381 g/mol. The Labute approximate surface area is 144 Å². The molecule has 0 amide bonds. The first-order valence-corrected chi connectivity index (χ1v) is 7.16. The zero-order valence-electron chi connectivity index (χ0n) is 13.1. The minimum Gasteiger partial charge on any atom is -0.379 e. The molecule has 0 radical (unpaired) electrons. The summed E-state index contributed by atoms with van der Waals surface area (Å²) in [4.78, 5) is 6.37. The number of aliphatic imine (C=N–C) groups is 1. The van der Waals surface area contributed by atoms with Crippen molar-refractivity contribution in [3.63, 3.8) is 0 Å². The summed E-state index contributed by atoms with van der Waals surface area (Å²) in [7, 11) is 5.74. The third kappa shape index (κ3) is 6.64. The van der Waals surface area contributed by atoms with Gasteiger partial charge in [0.25, 0.3) is 0 Å². The Hall–Kier alpha value is -0.830. The van der Waals surface area contributed by atoms with Crippen LogP contribution < -0.4 is 5.32 Å². The lowest BCUT2D eigenvalue weighted by molar-refractivity contribution is 0.128. The highest BCUT2D eigenvalue weighted by Crippen LogP contribution is 2.28. The van der Waals surface area contributed by atoms with E-state index in [0.29, 0.717) is 0 Å². The average Bonchev–Trinajstić information content (AvgIpc) is 3.16. The van der Waals surface area contributed by atoms with E-state index < -0.39 is 0 Å². The van der Waals surface area contributed by atoms with Crippen LogP contribution in [0.15, 0.2) is 17.4 Å². The van der Waals surface area contributed by atoms with Crippen molar-refractivity contribution in [3.05, 3.63) is 18.0 Å². The van der Waals surface area contributed by atoms with Gasteiger partial charge in [-0.15, -0.1) is 24.0 Å². The summed E-state index contributed by atoms with van der Waals surface area (Å²) < 4.78 is 7.42. The number of nitrogens with one attached hydrogen (secondary N) is 1. The molecule has 7 heteroatoms. The second kappa shape index (κ2) is 9.24. The molecule has 0 atom stereocenters. The highest BCUT2D eigenvalue weighted by molar-refractivity contribution is 14.0. The molecule has 0 bridgehead atoms. The van der Waals surface area contributed by atoms with Gasteiger partial charge in [0.1, 0.15) is 0 Å².